The monoisotopic (exact) mass is 258 g/mol. The number of carbonyl (C=O) groups is 1. The highest BCUT2D eigenvalue weighted by molar-refractivity contribution is 6.01. The summed E-state index contributed by atoms with van der Waals surface area (Å²) >= 11 is 0. The second-order valence-electron chi connectivity index (χ2n) is 4.69. The molecule has 5 heteroatoms. The van der Waals surface area contributed by atoms with E-state index in [-0.39, 0.29) is 11.7 Å². The second-order valence-corrected chi connectivity index (χ2v) is 4.69. The van der Waals surface area contributed by atoms with Crippen LogP contribution in [0.2, 0.25) is 0 Å². The van der Waals surface area contributed by atoms with Gasteiger partial charge in [-0.25, -0.2) is 4.98 Å². The summed E-state index contributed by atoms with van der Waals surface area (Å²) in [6, 6.07) is 7.80. The summed E-state index contributed by atoms with van der Waals surface area (Å²) in [4.78, 5) is 16.0. The molecule has 1 amide bonds. The summed E-state index contributed by atoms with van der Waals surface area (Å²) in [7, 11) is 0. The van der Waals surface area contributed by atoms with Crippen molar-refractivity contribution in [3.8, 4) is 0 Å². The zero-order valence-corrected chi connectivity index (χ0v) is 11.4. The van der Waals surface area contributed by atoms with Gasteiger partial charge in [0.2, 0.25) is 5.82 Å². The number of amides is 1. The Balaban J connectivity index is 2.06. The van der Waals surface area contributed by atoms with E-state index in [0.29, 0.717) is 11.7 Å². The van der Waals surface area contributed by atoms with Crippen LogP contribution >= 0.6 is 0 Å². The van der Waals surface area contributed by atoms with Crippen molar-refractivity contribution < 1.29 is 4.79 Å². The van der Waals surface area contributed by atoms with Gasteiger partial charge in [-0.1, -0.05) is 32.9 Å². The first-order valence-corrected chi connectivity index (χ1v) is 6.42. The van der Waals surface area contributed by atoms with Gasteiger partial charge in [-0.2, -0.15) is 0 Å². The van der Waals surface area contributed by atoms with Gasteiger partial charge in [0.1, 0.15) is 5.82 Å². The average Bonchev–Trinajstić information content (AvgIpc) is 2.88. The third kappa shape index (κ3) is 3.19. The fraction of sp³-hybridized carbons (Fsp3) is 0.357. The summed E-state index contributed by atoms with van der Waals surface area (Å²) in [5.41, 5.74) is 1.99. The molecule has 1 aromatic heterocycles. The van der Waals surface area contributed by atoms with Gasteiger partial charge in [0.25, 0.3) is 5.91 Å². The van der Waals surface area contributed by atoms with E-state index in [2.05, 4.69) is 34.3 Å². The molecule has 1 heterocycles. The van der Waals surface area contributed by atoms with Gasteiger partial charge in [-0.05, 0) is 23.6 Å². The Morgan fingerprint density at radius 3 is 2.53 bits per heavy atom. The number of nitrogens with one attached hydrogen (secondary N) is 2. The topological polar surface area (TPSA) is 70.7 Å². The molecule has 100 valence electrons. The molecule has 0 fully saturated rings. The van der Waals surface area contributed by atoms with E-state index in [9.17, 15) is 4.79 Å². The lowest BCUT2D eigenvalue weighted by molar-refractivity contribution is 0.101. The molecular weight excluding hydrogens is 240 g/mol. The maximum absolute atomic E-state index is 11.9. The summed E-state index contributed by atoms with van der Waals surface area (Å²) < 4.78 is 0. The number of aromatic amines is 1. The van der Waals surface area contributed by atoms with Crippen LogP contribution in [0, 0.1) is 0 Å². The largest absolute Gasteiger partial charge is 0.319 e. The molecule has 0 aliphatic rings. The van der Waals surface area contributed by atoms with Crippen molar-refractivity contribution in [2.45, 2.75) is 33.1 Å². The number of H-pyrrole nitrogens is 1. The Labute approximate surface area is 112 Å². The van der Waals surface area contributed by atoms with Crippen LogP contribution in [0.3, 0.4) is 0 Å². The number of benzene rings is 1. The minimum atomic E-state index is -0.298. The van der Waals surface area contributed by atoms with Crippen molar-refractivity contribution in [1.29, 1.82) is 0 Å². The first-order chi connectivity index (χ1) is 9.10. The summed E-state index contributed by atoms with van der Waals surface area (Å²) in [6.45, 7) is 6.22. The maximum atomic E-state index is 11.9. The lowest BCUT2D eigenvalue weighted by Gasteiger charge is -2.07. The third-order valence-electron chi connectivity index (χ3n) is 2.90. The van der Waals surface area contributed by atoms with E-state index < -0.39 is 0 Å². The van der Waals surface area contributed by atoms with Crippen LogP contribution in [-0.4, -0.2) is 21.1 Å². The fourth-order valence-electron chi connectivity index (χ4n) is 1.69. The van der Waals surface area contributed by atoms with Gasteiger partial charge in [-0.15, -0.1) is 5.10 Å². The van der Waals surface area contributed by atoms with E-state index in [1.807, 2.05) is 31.2 Å². The predicted molar refractivity (Wildman–Crippen MR) is 74.2 cm³/mol. The molecule has 1 aromatic carbocycles. The first-order valence-electron chi connectivity index (χ1n) is 6.42. The van der Waals surface area contributed by atoms with Crippen molar-refractivity contribution in [3.63, 3.8) is 0 Å². The fourth-order valence-corrected chi connectivity index (χ4v) is 1.69. The van der Waals surface area contributed by atoms with Gasteiger partial charge in [-0.3, -0.25) is 9.89 Å². The smallest absolute Gasteiger partial charge is 0.295 e. The number of hydrogen-bond donors (Lipinski definition) is 2. The van der Waals surface area contributed by atoms with Crippen molar-refractivity contribution in [3.05, 3.63) is 41.5 Å². The molecular formula is C14H18N4O. The van der Waals surface area contributed by atoms with Gasteiger partial charge in [0.05, 0.1) is 0 Å². The Hall–Kier alpha value is -2.17. The molecule has 0 aliphatic heterocycles. The van der Waals surface area contributed by atoms with Gasteiger partial charge < -0.3 is 5.32 Å². The van der Waals surface area contributed by atoms with E-state index in [0.717, 1.165) is 12.1 Å². The van der Waals surface area contributed by atoms with Crippen LogP contribution in [0.25, 0.3) is 0 Å². The molecule has 2 N–H and O–H groups in total. The third-order valence-corrected chi connectivity index (χ3v) is 2.90. The van der Waals surface area contributed by atoms with E-state index in [4.69, 9.17) is 0 Å². The molecule has 0 aliphatic carbocycles. The molecule has 0 saturated heterocycles. The van der Waals surface area contributed by atoms with Crippen LogP contribution in [0.15, 0.2) is 24.3 Å². The average molecular weight is 258 g/mol. The van der Waals surface area contributed by atoms with E-state index in [1.165, 1.54) is 5.56 Å². The van der Waals surface area contributed by atoms with Crippen molar-refractivity contribution in [1.82, 2.24) is 15.2 Å². The highest BCUT2D eigenvalue weighted by Crippen LogP contribution is 2.17. The highest BCUT2D eigenvalue weighted by atomic mass is 16.2. The second kappa shape index (κ2) is 5.65. The molecule has 0 unspecified atom stereocenters. The van der Waals surface area contributed by atoms with E-state index in [1.54, 1.807) is 0 Å². The molecule has 2 aromatic rings. The van der Waals surface area contributed by atoms with Crippen LogP contribution in [-0.2, 0) is 6.42 Å². The Bertz CT molecular complexity index is 557. The number of rotatable bonds is 4. The number of nitrogens with zero attached hydrogens (tertiary/aromatic N) is 2. The minimum absolute atomic E-state index is 0.171. The maximum Gasteiger partial charge on any atom is 0.295 e. The number of carbonyl (C=O) groups excluding carboxylic acids is 1. The first kappa shape index (κ1) is 13.3. The van der Waals surface area contributed by atoms with Crippen LogP contribution in [0.4, 0.5) is 5.69 Å². The molecule has 2 rings (SSSR count). The summed E-state index contributed by atoms with van der Waals surface area (Å²) in [5, 5.41) is 9.38. The lowest BCUT2D eigenvalue weighted by Crippen LogP contribution is -2.13. The van der Waals surface area contributed by atoms with Gasteiger partial charge in [0.15, 0.2) is 0 Å². The van der Waals surface area contributed by atoms with Crippen LogP contribution in [0.1, 0.15) is 48.7 Å². The number of aryl methyl sites for hydroxylation is 1. The quantitative estimate of drug-likeness (QED) is 0.885. The van der Waals surface area contributed by atoms with Crippen LogP contribution < -0.4 is 5.32 Å². The Kier molecular flexibility index (Phi) is 3.94. The SMILES string of the molecule is CCc1nc(C(=O)Nc2ccc(C(C)C)cc2)n[nH]1. The van der Waals surface area contributed by atoms with Gasteiger partial charge in [0, 0.05) is 12.1 Å². The molecule has 0 saturated carbocycles. The molecule has 19 heavy (non-hydrogen) atoms. The van der Waals surface area contributed by atoms with Crippen molar-refractivity contribution in [2.75, 3.05) is 5.32 Å². The Morgan fingerprint density at radius 2 is 2.00 bits per heavy atom. The molecule has 0 radical (unpaired) electrons. The zero-order valence-electron chi connectivity index (χ0n) is 11.4. The standard InChI is InChI=1S/C14H18N4O/c1-4-12-16-13(18-17-12)14(19)15-11-7-5-10(6-8-11)9(2)3/h5-9H,4H2,1-3H3,(H,15,19)(H,16,17,18). The zero-order chi connectivity index (χ0) is 13.8. The number of anilines is 1. The molecule has 0 bridgehead atoms. The summed E-state index contributed by atoms with van der Waals surface area (Å²) in [5.74, 6) is 1.06. The number of aromatic nitrogens is 3. The molecule has 5 nitrogen and oxygen atoms in total. The highest BCUT2D eigenvalue weighted by Gasteiger charge is 2.12. The van der Waals surface area contributed by atoms with Gasteiger partial charge >= 0.3 is 0 Å². The van der Waals surface area contributed by atoms with Crippen LogP contribution in [0.5, 0.6) is 0 Å². The minimum Gasteiger partial charge on any atom is -0.319 e. The lowest BCUT2D eigenvalue weighted by atomic mass is 10.0. The predicted octanol–water partition coefficient (Wildman–Crippen LogP) is 2.74. The van der Waals surface area contributed by atoms with E-state index >= 15 is 0 Å². The van der Waals surface area contributed by atoms with Crippen molar-refractivity contribution in [2.24, 2.45) is 0 Å². The van der Waals surface area contributed by atoms with Crippen molar-refractivity contribution >= 4 is 11.6 Å². The number of hydrogen-bond acceptors (Lipinski definition) is 3. The summed E-state index contributed by atoms with van der Waals surface area (Å²) in [6.07, 6.45) is 0.726. The normalized spacial score (nSPS) is 10.7. The molecule has 0 atom stereocenters. The Morgan fingerprint density at radius 1 is 1.32 bits per heavy atom. The molecule has 0 spiro atoms.